The van der Waals surface area contributed by atoms with Crippen LogP contribution in [0.1, 0.15) is 6.42 Å². The van der Waals surface area contributed by atoms with E-state index in [0.29, 0.717) is 0 Å². The van der Waals surface area contributed by atoms with Crippen LogP contribution in [0.15, 0.2) is 25.3 Å². The highest BCUT2D eigenvalue weighted by Gasteiger charge is 1.89. The fourth-order valence-corrected chi connectivity index (χ4v) is 3.26. The highest BCUT2D eigenvalue weighted by atomic mass is 33.1. The minimum absolute atomic E-state index is 1.06. The van der Waals surface area contributed by atoms with Crippen molar-refractivity contribution >= 4 is 33.3 Å². The maximum Gasteiger partial charge on any atom is 0.0215 e. The van der Waals surface area contributed by atoms with Gasteiger partial charge in [-0.15, -0.1) is 13.2 Å². The van der Waals surface area contributed by atoms with Crippen LogP contribution in [-0.4, -0.2) is 23.0 Å². The summed E-state index contributed by atoms with van der Waals surface area (Å²) in [5, 5.41) is 0. The molecule has 0 heterocycles. The van der Waals surface area contributed by atoms with Crippen molar-refractivity contribution in [2.75, 3.05) is 23.0 Å². The smallest absolute Gasteiger partial charge is 0.0215 e. The Bertz CT molecular complexity index is 98.3. The van der Waals surface area contributed by atoms with Gasteiger partial charge in [-0.25, -0.2) is 0 Å². The molecule has 0 radical (unpaired) electrons. The Morgan fingerprint density at radius 3 is 2.33 bits per heavy atom. The quantitative estimate of drug-likeness (QED) is 0.329. The van der Waals surface area contributed by atoms with Crippen molar-refractivity contribution in [2.24, 2.45) is 0 Å². The van der Waals surface area contributed by atoms with Gasteiger partial charge in [-0.3, -0.25) is 0 Å². The highest BCUT2D eigenvalue weighted by Crippen LogP contribution is 2.22. The molecule has 70 valence electrons. The van der Waals surface area contributed by atoms with Crippen LogP contribution < -0.4 is 0 Å². The summed E-state index contributed by atoms with van der Waals surface area (Å²) in [6, 6.07) is 0. The molecule has 0 N–H and O–H groups in total. The molecule has 0 aliphatic carbocycles. The third-order valence-corrected chi connectivity index (χ3v) is 4.47. The third kappa shape index (κ3) is 10.5. The second-order valence-electron chi connectivity index (χ2n) is 2.11. The minimum Gasteiger partial charge on any atom is -0.158 e. The van der Waals surface area contributed by atoms with Crippen molar-refractivity contribution < 1.29 is 0 Å². The predicted octanol–water partition coefficient (Wildman–Crippen LogP) is 3.86. The molecule has 0 bridgehead atoms. The Morgan fingerprint density at radius 1 is 0.917 bits per heavy atom. The van der Waals surface area contributed by atoms with E-state index in [-0.39, 0.29) is 0 Å². The van der Waals surface area contributed by atoms with Gasteiger partial charge >= 0.3 is 0 Å². The van der Waals surface area contributed by atoms with Crippen molar-refractivity contribution in [3.05, 3.63) is 25.3 Å². The van der Waals surface area contributed by atoms with Gasteiger partial charge in [0.2, 0.25) is 0 Å². The highest BCUT2D eigenvalue weighted by molar-refractivity contribution is 8.76. The normalized spacial score (nSPS) is 9.67. The Hall–Kier alpha value is 0.530. The monoisotopic (exact) mass is 220 g/mol. The molecular formula is C9H16S3. The molecule has 0 saturated heterocycles. The van der Waals surface area contributed by atoms with E-state index in [0.717, 1.165) is 11.5 Å². The summed E-state index contributed by atoms with van der Waals surface area (Å²) in [7, 11) is 3.83. The Balaban J connectivity index is 2.81. The second kappa shape index (κ2) is 11.5. The van der Waals surface area contributed by atoms with Gasteiger partial charge in [-0.2, -0.15) is 11.8 Å². The number of rotatable bonds is 9. The average molecular weight is 220 g/mol. The Labute approximate surface area is 88.0 Å². The van der Waals surface area contributed by atoms with Gasteiger partial charge in [-0.1, -0.05) is 33.7 Å². The SMILES string of the molecule is C=CCSCCCSSCC=C. The molecule has 0 saturated carbocycles. The molecule has 0 nitrogen and oxygen atoms in total. The molecule has 0 rings (SSSR count). The van der Waals surface area contributed by atoms with E-state index in [1.54, 1.807) is 0 Å². The zero-order valence-electron chi connectivity index (χ0n) is 7.33. The summed E-state index contributed by atoms with van der Waals surface area (Å²) in [6.07, 6.45) is 5.21. The zero-order chi connectivity index (χ0) is 9.07. The maximum absolute atomic E-state index is 3.68. The van der Waals surface area contributed by atoms with Crippen molar-refractivity contribution in [2.45, 2.75) is 6.42 Å². The minimum atomic E-state index is 1.06. The second-order valence-corrected chi connectivity index (χ2v) is 5.89. The molecule has 0 aromatic heterocycles. The predicted molar refractivity (Wildman–Crippen MR) is 67.3 cm³/mol. The summed E-state index contributed by atoms with van der Waals surface area (Å²) in [6.45, 7) is 7.35. The van der Waals surface area contributed by atoms with Gasteiger partial charge in [0.25, 0.3) is 0 Å². The summed E-state index contributed by atoms with van der Waals surface area (Å²) >= 11 is 1.96. The van der Waals surface area contributed by atoms with E-state index in [9.17, 15) is 0 Å². The molecule has 0 aromatic carbocycles. The van der Waals surface area contributed by atoms with Gasteiger partial charge < -0.3 is 0 Å². The van der Waals surface area contributed by atoms with Crippen LogP contribution in [-0.2, 0) is 0 Å². The van der Waals surface area contributed by atoms with E-state index in [1.807, 2.05) is 45.5 Å². The fourth-order valence-electron chi connectivity index (χ4n) is 0.542. The van der Waals surface area contributed by atoms with Gasteiger partial charge in [0.1, 0.15) is 0 Å². The van der Waals surface area contributed by atoms with Crippen LogP contribution in [0.5, 0.6) is 0 Å². The average Bonchev–Trinajstić information content (AvgIpc) is 2.10. The van der Waals surface area contributed by atoms with Crippen molar-refractivity contribution in [3.8, 4) is 0 Å². The molecular weight excluding hydrogens is 204 g/mol. The Kier molecular flexibility index (Phi) is 12.0. The molecule has 0 unspecified atom stereocenters. The summed E-state index contributed by atoms with van der Waals surface area (Å²) in [5.41, 5.74) is 0. The first-order valence-electron chi connectivity index (χ1n) is 3.95. The zero-order valence-corrected chi connectivity index (χ0v) is 9.78. The van der Waals surface area contributed by atoms with Gasteiger partial charge in [0.15, 0.2) is 0 Å². The maximum atomic E-state index is 3.68. The molecule has 0 aromatic rings. The number of hydrogen-bond acceptors (Lipinski definition) is 3. The standard InChI is InChI=1S/C9H16S3/c1-3-6-10-8-5-9-12-11-7-4-2/h3-4H,1-2,5-9H2. The fraction of sp³-hybridized carbons (Fsp3) is 0.556. The topological polar surface area (TPSA) is 0 Å². The number of thioether (sulfide) groups is 1. The molecule has 0 spiro atoms. The first kappa shape index (κ1) is 12.5. The lowest BCUT2D eigenvalue weighted by Gasteiger charge is -1.98. The van der Waals surface area contributed by atoms with Crippen molar-refractivity contribution in [3.63, 3.8) is 0 Å². The van der Waals surface area contributed by atoms with E-state index >= 15 is 0 Å². The van der Waals surface area contributed by atoms with Gasteiger partial charge in [0, 0.05) is 17.3 Å². The molecule has 0 amide bonds. The molecule has 0 fully saturated rings. The number of hydrogen-bond donors (Lipinski definition) is 0. The van der Waals surface area contributed by atoms with Gasteiger partial charge in [0.05, 0.1) is 0 Å². The summed E-state index contributed by atoms with van der Waals surface area (Å²) < 4.78 is 0. The molecule has 0 aliphatic rings. The van der Waals surface area contributed by atoms with Gasteiger partial charge in [-0.05, 0) is 12.2 Å². The van der Waals surface area contributed by atoms with E-state index in [1.165, 1.54) is 17.9 Å². The first-order valence-corrected chi connectivity index (χ1v) is 7.60. The lowest BCUT2D eigenvalue weighted by atomic mass is 10.6. The molecule has 12 heavy (non-hydrogen) atoms. The van der Waals surface area contributed by atoms with Crippen molar-refractivity contribution in [1.82, 2.24) is 0 Å². The lowest BCUT2D eigenvalue weighted by molar-refractivity contribution is 1.13. The van der Waals surface area contributed by atoms with E-state index in [4.69, 9.17) is 0 Å². The van der Waals surface area contributed by atoms with Crippen LogP contribution in [0.4, 0.5) is 0 Å². The van der Waals surface area contributed by atoms with Crippen LogP contribution >= 0.6 is 33.3 Å². The summed E-state index contributed by atoms with van der Waals surface area (Å²) in [5.74, 6) is 4.66. The van der Waals surface area contributed by atoms with E-state index < -0.39 is 0 Å². The molecule has 0 atom stereocenters. The third-order valence-electron chi connectivity index (χ3n) is 1.02. The molecule has 0 aliphatic heterocycles. The first-order chi connectivity index (χ1) is 5.91. The van der Waals surface area contributed by atoms with Crippen LogP contribution in [0.2, 0.25) is 0 Å². The van der Waals surface area contributed by atoms with Crippen LogP contribution in [0.25, 0.3) is 0 Å². The Morgan fingerprint density at radius 2 is 1.67 bits per heavy atom. The summed E-state index contributed by atoms with van der Waals surface area (Å²) in [4.78, 5) is 0. The largest absolute Gasteiger partial charge is 0.158 e. The van der Waals surface area contributed by atoms with Crippen molar-refractivity contribution in [1.29, 1.82) is 0 Å². The lowest BCUT2D eigenvalue weighted by Crippen LogP contribution is -1.83. The van der Waals surface area contributed by atoms with Crippen LogP contribution in [0, 0.1) is 0 Å². The van der Waals surface area contributed by atoms with E-state index in [2.05, 4.69) is 13.2 Å². The van der Waals surface area contributed by atoms with Crippen LogP contribution in [0.3, 0.4) is 0 Å². The molecule has 3 heteroatoms.